The van der Waals surface area contributed by atoms with Crippen molar-refractivity contribution in [1.29, 1.82) is 0 Å². The van der Waals surface area contributed by atoms with Crippen LogP contribution in [0.1, 0.15) is 20.3 Å². The van der Waals surface area contributed by atoms with Crippen molar-refractivity contribution in [2.24, 2.45) is 5.41 Å². The van der Waals surface area contributed by atoms with E-state index in [1.54, 1.807) is 13.8 Å². The summed E-state index contributed by atoms with van der Waals surface area (Å²) in [5.41, 5.74) is -1.04. The molecule has 6 nitrogen and oxygen atoms in total. The quantitative estimate of drug-likeness (QED) is 0.453. The normalized spacial score (nSPS) is 11.8. The second kappa shape index (κ2) is 8.92. The summed E-state index contributed by atoms with van der Waals surface area (Å²) in [6.45, 7) is 6.11. The SMILES string of the molecule is CN(C)CCCNC(=O)C(C)(C)C(=O)NCCN(C)C. The van der Waals surface area contributed by atoms with Gasteiger partial charge in [0.2, 0.25) is 11.8 Å². The van der Waals surface area contributed by atoms with Gasteiger partial charge in [-0.3, -0.25) is 9.59 Å². The number of rotatable bonds is 9. The van der Waals surface area contributed by atoms with Crippen LogP contribution in [0, 0.1) is 5.41 Å². The second-order valence-electron chi connectivity index (χ2n) is 6.10. The lowest BCUT2D eigenvalue weighted by molar-refractivity contribution is -0.141. The first-order chi connectivity index (χ1) is 9.17. The molecule has 0 bridgehead atoms. The molecule has 118 valence electrons. The van der Waals surface area contributed by atoms with Crippen molar-refractivity contribution in [1.82, 2.24) is 20.4 Å². The molecule has 0 heterocycles. The molecule has 0 aliphatic rings. The van der Waals surface area contributed by atoms with E-state index in [4.69, 9.17) is 0 Å². The van der Waals surface area contributed by atoms with E-state index in [-0.39, 0.29) is 11.8 Å². The van der Waals surface area contributed by atoms with Crippen molar-refractivity contribution >= 4 is 11.8 Å². The first-order valence-corrected chi connectivity index (χ1v) is 7.04. The molecule has 0 radical (unpaired) electrons. The van der Waals surface area contributed by atoms with E-state index in [2.05, 4.69) is 15.5 Å². The van der Waals surface area contributed by atoms with Crippen molar-refractivity contribution in [2.45, 2.75) is 20.3 Å². The van der Waals surface area contributed by atoms with Crippen LogP contribution < -0.4 is 10.6 Å². The van der Waals surface area contributed by atoms with Crippen LogP contribution in [0.25, 0.3) is 0 Å². The minimum absolute atomic E-state index is 0.224. The number of amides is 2. The molecular weight excluding hydrogens is 256 g/mol. The van der Waals surface area contributed by atoms with E-state index in [0.29, 0.717) is 13.1 Å². The Kier molecular flexibility index (Phi) is 8.41. The molecule has 0 aromatic rings. The third-order valence-electron chi connectivity index (χ3n) is 3.05. The predicted molar refractivity (Wildman–Crippen MR) is 81.5 cm³/mol. The van der Waals surface area contributed by atoms with E-state index in [1.807, 2.05) is 33.1 Å². The Morgan fingerprint density at radius 2 is 1.30 bits per heavy atom. The van der Waals surface area contributed by atoms with Crippen LogP contribution in [0.3, 0.4) is 0 Å². The van der Waals surface area contributed by atoms with Gasteiger partial charge < -0.3 is 20.4 Å². The van der Waals surface area contributed by atoms with E-state index in [1.165, 1.54) is 0 Å². The van der Waals surface area contributed by atoms with Gasteiger partial charge in [-0.25, -0.2) is 0 Å². The van der Waals surface area contributed by atoms with Gasteiger partial charge in [0.25, 0.3) is 0 Å². The summed E-state index contributed by atoms with van der Waals surface area (Å²) in [5, 5.41) is 5.62. The Labute approximate surface area is 122 Å². The fourth-order valence-corrected chi connectivity index (χ4v) is 1.54. The number of nitrogens with zero attached hydrogens (tertiary/aromatic N) is 2. The highest BCUT2D eigenvalue weighted by Gasteiger charge is 2.35. The van der Waals surface area contributed by atoms with Gasteiger partial charge in [0, 0.05) is 19.6 Å². The number of hydrogen-bond donors (Lipinski definition) is 2. The van der Waals surface area contributed by atoms with Gasteiger partial charge >= 0.3 is 0 Å². The first-order valence-electron chi connectivity index (χ1n) is 7.04. The van der Waals surface area contributed by atoms with Gasteiger partial charge in [0.05, 0.1) is 0 Å². The van der Waals surface area contributed by atoms with Gasteiger partial charge in [-0.15, -0.1) is 0 Å². The highest BCUT2D eigenvalue weighted by molar-refractivity contribution is 6.04. The van der Waals surface area contributed by atoms with Crippen LogP contribution in [-0.2, 0) is 9.59 Å². The van der Waals surface area contributed by atoms with Crippen LogP contribution in [-0.4, -0.2) is 76.0 Å². The molecule has 0 aromatic heterocycles. The summed E-state index contributed by atoms with van der Waals surface area (Å²) >= 11 is 0. The summed E-state index contributed by atoms with van der Waals surface area (Å²) in [6.07, 6.45) is 0.872. The molecule has 0 aromatic carbocycles. The summed E-state index contributed by atoms with van der Waals surface area (Å²) in [5.74, 6) is -0.455. The number of likely N-dealkylation sites (N-methyl/N-ethyl adjacent to an activating group) is 1. The third kappa shape index (κ3) is 7.45. The minimum Gasteiger partial charge on any atom is -0.355 e. The highest BCUT2D eigenvalue weighted by Crippen LogP contribution is 2.15. The van der Waals surface area contributed by atoms with Crippen molar-refractivity contribution in [3.8, 4) is 0 Å². The number of carbonyl (C=O) groups is 2. The summed E-state index contributed by atoms with van der Waals surface area (Å²) in [4.78, 5) is 28.1. The fourth-order valence-electron chi connectivity index (χ4n) is 1.54. The van der Waals surface area contributed by atoms with Gasteiger partial charge in [0.15, 0.2) is 0 Å². The Morgan fingerprint density at radius 1 is 0.850 bits per heavy atom. The molecule has 0 unspecified atom stereocenters. The molecule has 0 aliphatic carbocycles. The molecular formula is C14H30N4O2. The Bertz CT molecular complexity index is 314. The summed E-state index contributed by atoms with van der Waals surface area (Å²) in [7, 11) is 7.86. The molecule has 6 heteroatoms. The van der Waals surface area contributed by atoms with Crippen molar-refractivity contribution < 1.29 is 9.59 Å². The van der Waals surface area contributed by atoms with E-state index in [9.17, 15) is 9.59 Å². The van der Waals surface area contributed by atoms with Crippen LogP contribution in [0.2, 0.25) is 0 Å². The Morgan fingerprint density at radius 3 is 1.75 bits per heavy atom. The molecule has 0 rings (SSSR count). The van der Waals surface area contributed by atoms with Crippen LogP contribution in [0.4, 0.5) is 0 Å². The molecule has 0 atom stereocenters. The maximum atomic E-state index is 12.1. The number of hydrogen-bond acceptors (Lipinski definition) is 4. The topological polar surface area (TPSA) is 64.7 Å². The van der Waals surface area contributed by atoms with Crippen molar-refractivity contribution in [3.63, 3.8) is 0 Å². The molecule has 20 heavy (non-hydrogen) atoms. The smallest absolute Gasteiger partial charge is 0.235 e. The van der Waals surface area contributed by atoms with Crippen molar-refractivity contribution in [2.75, 3.05) is 54.4 Å². The summed E-state index contributed by atoms with van der Waals surface area (Å²) < 4.78 is 0. The lowest BCUT2D eigenvalue weighted by atomic mass is 9.91. The van der Waals surface area contributed by atoms with Crippen LogP contribution >= 0.6 is 0 Å². The van der Waals surface area contributed by atoms with Gasteiger partial charge in [-0.05, 0) is 55.0 Å². The molecule has 0 saturated heterocycles. The van der Waals surface area contributed by atoms with Gasteiger partial charge in [-0.1, -0.05) is 0 Å². The largest absolute Gasteiger partial charge is 0.355 e. The third-order valence-corrected chi connectivity index (χ3v) is 3.05. The molecule has 0 fully saturated rings. The average molecular weight is 286 g/mol. The predicted octanol–water partition coefficient (Wildman–Crippen LogP) is -0.242. The van der Waals surface area contributed by atoms with Gasteiger partial charge in [0.1, 0.15) is 5.41 Å². The Hall–Kier alpha value is -1.14. The number of nitrogens with one attached hydrogen (secondary N) is 2. The zero-order chi connectivity index (χ0) is 15.8. The highest BCUT2D eigenvalue weighted by atomic mass is 16.2. The zero-order valence-corrected chi connectivity index (χ0v) is 13.7. The first kappa shape index (κ1) is 18.9. The van der Waals surface area contributed by atoms with Crippen molar-refractivity contribution in [3.05, 3.63) is 0 Å². The van der Waals surface area contributed by atoms with E-state index >= 15 is 0 Å². The monoisotopic (exact) mass is 286 g/mol. The molecule has 0 saturated carbocycles. The molecule has 0 aliphatic heterocycles. The minimum atomic E-state index is -1.04. The van der Waals surface area contributed by atoms with E-state index in [0.717, 1.165) is 19.5 Å². The van der Waals surface area contributed by atoms with Crippen LogP contribution in [0.5, 0.6) is 0 Å². The standard InChI is InChI=1S/C14H30N4O2/c1-14(2,13(20)16-9-11-18(5)6)12(19)15-8-7-10-17(3)4/h7-11H2,1-6H3,(H,15,19)(H,16,20). The van der Waals surface area contributed by atoms with Gasteiger partial charge in [-0.2, -0.15) is 0 Å². The zero-order valence-electron chi connectivity index (χ0n) is 13.7. The fraction of sp³-hybridized carbons (Fsp3) is 0.857. The maximum Gasteiger partial charge on any atom is 0.235 e. The summed E-state index contributed by atoms with van der Waals surface area (Å²) in [6, 6.07) is 0. The Balaban J connectivity index is 4.11. The molecule has 2 N–H and O–H groups in total. The maximum absolute atomic E-state index is 12.1. The average Bonchev–Trinajstić information content (AvgIpc) is 2.33. The lowest BCUT2D eigenvalue weighted by Gasteiger charge is -2.23. The molecule has 0 spiro atoms. The second-order valence-corrected chi connectivity index (χ2v) is 6.10. The lowest BCUT2D eigenvalue weighted by Crippen LogP contribution is -2.49. The number of carbonyl (C=O) groups excluding carboxylic acids is 2. The molecule has 2 amide bonds. The van der Waals surface area contributed by atoms with Crippen LogP contribution in [0.15, 0.2) is 0 Å². The van der Waals surface area contributed by atoms with E-state index < -0.39 is 5.41 Å².